The molecule has 0 bridgehead atoms. The van der Waals surface area contributed by atoms with Gasteiger partial charge in [-0.3, -0.25) is 0 Å². The molecule has 3 rings (SSSR count). The van der Waals surface area contributed by atoms with E-state index in [0.29, 0.717) is 13.1 Å². The van der Waals surface area contributed by atoms with E-state index in [2.05, 4.69) is 17.4 Å². The Labute approximate surface area is 137 Å². The van der Waals surface area contributed by atoms with Crippen LogP contribution in [0.5, 0.6) is 0 Å². The Bertz CT molecular complexity index is 645. The lowest BCUT2D eigenvalue weighted by Gasteiger charge is -2.35. The monoisotopic (exact) mass is 310 g/mol. The number of carbonyl (C=O) groups is 1. The Morgan fingerprint density at radius 1 is 0.957 bits per heavy atom. The molecule has 1 N–H and O–H groups in total. The lowest BCUT2D eigenvalue weighted by atomic mass is 10.1. The first-order chi connectivity index (χ1) is 11.1. The minimum absolute atomic E-state index is 0.0699. The van der Waals surface area contributed by atoms with E-state index in [1.807, 2.05) is 61.2 Å². The summed E-state index contributed by atoms with van der Waals surface area (Å²) in [7, 11) is 0. The number of rotatable bonds is 2. The molecule has 0 radical (unpaired) electrons. The first-order valence-electron chi connectivity index (χ1n) is 7.98. The molecule has 120 valence electrons. The van der Waals surface area contributed by atoms with Gasteiger partial charge in [-0.2, -0.15) is 0 Å². The van der Waals surface area contributed by atoms with Gasteiger partial charge in [-0.05, 0) is 37.1 Å². The number of ether oxygens (including phenoxy) is 1. The van der Waals surface area contributed by atoms with Crippen LogP contribution in [0.2, 0.25) is 0 Å². The van der Waals surface area contributed by atoms with E-state index in [9.17, 15) is 4.79 Å². The second-order valence-corrected chi connectivity index (χ2v) is 6.04. The first kappa shape index (κ1) is 15.6. The average Bonchev–Trinajstić information content (AvgIpc) is 2.55. The van der Waals surface area contributed by atoms with Crippen molar-refractivity contribution in [2.45, 2.75) is 26.1 Å². The number of benzene rings is 2. The quantitative estimate of drug-likeness (QED) is 0.911. The van der Waals surface area contributed by atoms with E-state index >= 15 is 0 Å². The second-order valence-electron chi connectivity index (χ2n) is 6.04. The number of nitrogens with zero attached hydrogens (tertiary/aromatic N) is 1. The van der Waals surface area contributed by atoms with Crippen LogP contribution in [0.4, 0.5) is 10.5 Å². The summed E-state index contributed by atoms with van der Waals surface area (Å²) < 4.78 is 5.66. The molecule has 4 heteroatoms. The zero-order valence-electron chi connectivity index (χ0n) is 13.5. The van der Waals surface area contributed by atoms with Crippen LogP contribution >= 0.6 is 0 Å². The molecule has 1 aliphatic heterocycles. The van der Waals surface area contributed by atoms with Crippen LogP contribution in [0.1, 0.15) is 13.8 Å². The van der Waals surface area contributed by atoms with Gasteiger partial charge >= 0.3 is 6.03 Å². The van der Waals surface area contributed by atoms with Crippen LogP contribution in [-0.4, -0.2) is 36.2 Å². The van der Waals surface area contributed by atoms with Gasteiger partial charge in [0.2, 0.25) is 0 Å². The summed E-state index contributed by atoms with van der Waals surface area (Å²) in [5.41, 5.74) is 3.11. The lowest BCUT2D eigenvalue weighted by Crippen LogP contribution is -2.49. The van der Waals surface area contributed by atoms with Crippen molar-refractivity contribution in [3.8, 4) is 11.1 Å². The maximum atomic E-state index is 12.4. The van der Waals surface area contributed by atoms with Crippen molar-refractivity contribution in [3.63, 3.8) is 0 Å². The van der Waals surface area contributed by atoms with Crippen molar-refractivity contribution in [3.05, 3.63) is 54.6 Å². The molecule has 4 nitrogen and oxygen atoms in total. The summed E-state index contributed by atoms with van der Waals surface area (Å²) >= 11 is 0. The van der Waals surface area contributed by atoms with Crippen molar-refractivity contribution >= 4 is 11.7 Å². The highest BCUT2D eigenvalue weighted by Crippen LogP contribution is 2.21. The fraction of sp³-hybridized carbons (Fsp3) is 0.316. The third kappa shape index (κ3) is 3.90. The molecule has 2 atom stereocenters. The highest BCUT2D eigenvalue weighted by Gasteiger charge is 2.25. The topological polar surface area (TPSA) is 41.6 Å². The first-order valence-corrected chi connectivity index (χ1v) is 7.98. The van der Waals surface area contributed by atoms with Gasteiger partial charge < -0.3 is 15.0 Å². The molecule has 2 amide bonds. The third-order valence-electron chi connectivity index (χ3n) is 3.95. The number of urea groups is 1. The summed E-state index contributed by atoms with van der Waals surface area (Å²) in [6.45, 7) is 5.23. The van der Waals surface area contributed by atoms with Crippen molar-refractivity contribution in [2.24, 2.45) is 0 Å². The van der Waals surface area contributed by atoms with Crippen LogP contribution in [0, 0.1) is 0 Å². The molecular weight excluding hydrogens is 288 g/mol. The molecule has 1 saturated heterocycles. The Morgan fingerprint density at radius 3 is 2.13 bits per heavy atom. The molecule has 1 aliphatic rings. The van der Waals surface area contributed by atoms with Gasteiger partial charge in [0.1, 0.15) is 0 Å². The predicted octanol–water partition coefficient (Wildman–Crippen LogP) is 3.99. The maximum absolute atomic E-state index is 12.4. The number of hydrogen-bond donors (Lipinski definition) is 1. The largest absolute Gasteiger partial charge is 0.372 e. The van der Waals surface area contributed by atoms with Gasteiger partial charge in [-0.1, -0.05) is 42.5 Å². The van der Waals surface area contributed by atoms with Gasteiger partial charge in [-0.25, -0.2) is 4.79 Å². The van der Waals surface area contributed by atoms with Crippen LogP contribution in [0.25, 0.3) is 11.1 Å². The highest BCUT2D eigenvalue weighted by atomic mass is 16.5. The third-order valence-corrected chi connectivity index (χ3v) is 3.95. The molecule has 0 saturated carbocycles. The Morgan fingerprint density at radius 2 is 1.52 bits per heavy atom. The fourth-order valence-electron chi connectivity index (χ4n) is 2.92. The molecular formula is C19H22N2O2. The molecule has 0 aromatic heterocycles. The zero-order chi connectivity index (χ0) is 16.2. The normalized spacial score (nSPS) is 21.0. The summed E-state index contributed by atoms with van der Waals surface area (Å²) in [6.07, 6.45) is 0.148. The number of amides is 2. The molecule has 2 aromatic carbocycles. The summed E-state index contributed by atoms with van der Waals surface area (Å²) in [5.74, 6) is 0. The minimum atomic E-state index is -0.0699. The SMILES string of the molecule is CC1CN(C(=O)Nc2ccc(-c3ccccc3)cc2)CC(C)O1. The van der Waals surface area contributed by atoms with Crippen molar-refractivity contribution in [2.75, 3.05) is 18.4 Å². The van der Waals surface area contributed by atoms with Crippen LogP contribution in [0.15, 0.2) is 54.6 Å². The zero-order valence-corrected chi connectivity index (χ0v) is 13.5. The Hall–Kier alpha value is -2.33. The Kier molecular flexibility index (Phi) is 4.63. The van der Waals surface area contributed by atoms with Crippen LogP contribution in [-0.2, 0) is 4.74 Å². The van der Waals surface area contributed by atoms with E-state index in [4.69, 9.17) is 4.74 Å². The summed E-state index contributed by atoms with van der Waals surface area (Å²) in [6, 6.07) is 18.0. The van der Waals surface area contributed by atoms with Crippen LogP contribution < -0.4 is 5.32 Å². The molecule has 23 heavy (non-hydrogen) atoms. The molecule has 1 heterocycles. The number of hydrogen-bond acceptors (Lipinski definition) is 2. The number of carbonyl (C=O) groups excluding carboxylic acids is 1. The number of morpholine rings is 1. The Balaban J connectivity index is 1.65. The van der Waals surface area contributed by atoms with Gasteiger partial charge in [-0.15, -0.1) is 0 Å². The van der Waals surface area contributed by atoms with E-state index in [1.54, 1.807) is 0 Å². The standard InChI is InChI=1S/C19H22N2O2/c1-14-12-21(13-15(2)23-14)19(22)20-18-10-8-17(9-11-18)16-6-4-3-5-7-16/h3-11,14-15H,12-13H2,1-2H3,(H,20,22). The molecule has 0 aliphatic carbocycles. The lowest BCUT2D eigenvalue weighted by molar-refractivity contribution is -0.0530. The molecule has 1 fully saturated rings. The number of anilines is 1. The van der Waals surface area contributed by atoms with Crippen LogP contribution in [0.3, 0.4) is 0 Å². The van der Waals surface area contributed by atoms with Gasteiger partial charge in [0.25, 0.3) is 0 Å². The van der Waals surface area contributed by atoms with E-state index < -0.39 is 0 Å². The van der Waals surface area contributed by atoms with Crippen molar-refractivity contribution in [1.82, 2.24) is 4.90 Å². The van der Waals surface area contributed by atoms with E-state index in [1.165, 1.54) is 5.56 Å². The average molecular weight is 310 g/mol. The van der Waals surface area contributed by atoms with E-state index in [-0.39, 0.29) is 18.2 Å². The van der Waals surface area contributed by atoms with Gasteiger partial charge in [0, 0.05) is 18.8 Å². The molecule has 2 unspecified atom stereocenters. The smallest absolute Gasteiger partial charge is 0.322 e. The summed E-state index contributed by atoms with van der Waals surface area (Å²) in [5, 5.41) is 2.96. The maximum Gasteiger partial charge on any atom is 0.322 e. The summed E-state index contributed by atoms with van der Waals surface area (Å²) in [4.78, 5) is 14.2. The van der Waals surface area contributed by atoms with Crippen molar-refractivity contribution < 1.29 is 9.53 Å². The molecule has 2 aromatic rings. The molecule has 0 spiro atoms. The van der Waals surface area contributed by atoms with Crippen molar-refractivity contribution in [1.29, 1.82) is 0 Å². The van der Waals surface area contributed by atoms with Gasteiger partial charge in [0.15, 0.2) is 0 Å². The van der Waals surface area contributed by atoms with Gasteiger partial charge in [0.05, 0.1) is 12.2 Å². The van der Waals surface area contributed by atoms with E-state index in [0.717, 1.165) is 11.3 Å². The predicted molar refractivity (Wildman–Crippen MR) is 92.5 cm³/mol. The fourth-order valence-corrected chi connectivity index (χ4v) is 2.92. The highest BCUT2D eigenvalue weighted by molar-refractivity contribution is 5.89. The second kappa shape index (κ2) is 6.84. The number of nitrogens with one attached hydrogen (secondary N) is 1. The minimum Gasteiger partial charge on any atom is -0.372 e.